The number of piperidine rings is 1. The smallest absolute Gasteiger partial charge is 0.248 e. The van der Waals surface area contributed by atoms with Gasteiger partial charge in [0.2, 0.25) is 15.9 Å². The van der Waals surface area contributed by atoms with E-state index in [4.69, 9.17) is 4.52 Å². The van der Waals surface area contributed by atoms with Crippen LogP contribution in [0.2, 0.25) is 0 Å². The third-order valence-electron chi connectivity index (χ3n) is 4.32. The predicted molar refractivity (Wildman–Crippen MR) is 85.4 cm³/mol. The normalized spacial score (nSPS) is 21.1. The van der Waals surface area contributed by atoms with Gasteiger partial charge >= 0.3 is 0 Å². The molecular formula is C15H25N3O4S. The van der Waals surface area contributed by atoms with Crippen LogP contribution in [0.4, 0.5) is 0 Å². The van der Waals surface area contributed by atoms with E-state index in [1.807, 2.05) is 13.8 Å². The van der Waals surface area contributed by atoms with Gasteiger partial charge in [0.1, 0.15) is 10.6 Å². The third kappa shape index (κ3) is 3.74. The molecule has 0 spiro atoms. The number of rotatable bonds is 5. The molecule has 23 heavy (non-hydrogen) atoms. The fourth-order valence-electron chi connectivity index (χ4n) is 2.81. The average molecular weight is 343 g/mol. The predicted octanol–water partition coefficient (Wildman–Crippen LogP) is 1.61. The molecular weight excluding hydrogens is 318 g/mol. The van der Waals surface area contributed by atoms with Crippen molar-refractivity contribution in [3.8, 4) is 0 Å². The van der Waals surface area contributed by atoms with Gasteiger partial charge in [0.15, 0.2) is 5.76 Å². The maximum atomic E-state index is 12.8. The Labute approximate surface area is 137 Å². The number of amides is 1. The van der Waals surface area contributed by atoms with Crippen molar-refractivity contribution in [2.24, 2.45) is 5.92 Å². The first-order valence-electron chi connectivity index (χ1n) is 8.00. The van der Waals surface area contributed by atoms with Crippen LogP contribution in [-0.4, -0.2) is 42.9 Å². The Bertz CT molecular complexity index is 649. The molecule has 0 bridgehead atoms. The highest BCUT2D eigenvalue weighted by molar-refractivity contribution is 7.89. The van der Waals surface area contributed by atoms with E-state index in [2.05, 4.69) is 10.5 Å². The highest BCUT2D eigenvalue weighted by Gasteiger charge is 2.36. The Kier molecular flexibility index (Phi) is 5.46. The second-order valence-corrected chi connectivity index (χ2v) is 8.05. The van der Waals surface area contributed by atoms with E-state index in [0.29, 0.717) is 25.1 Å². The molecule has 1 aromatic heterocycles. The van der Waals surface area contributed by atoms with Crippen LogP contribution < -0.4 is 5.32 Å². The zero-order chi connectivity index (χ0) is 17.2. The molecule has 2 atom stereocenters. The molecule has 1 aliphatic rings. The summed E-state index contributed by atoms with van der Waals surface area (Å²) in [6.45, 7) is 7.76. The van der Waals surface area contributed by atoms with Gasteiger partial charge in [0.05, 0.1) is 5.92 Å². The lowest BCUT2D eigenvalue weighted by atomic mass is 9.98. The van der Waals surface area contributed by atoms with Crippen LogP contribution in [0.1, 0.15) is 44.6 Å². The van der Waals surface area contributed by atoms with Crippen molar-refractivity contribution in [3.63, 3.8) is 0 Å². The lowest BCUT2D eigenvalue weighted by Gasteiger charge is -2.31. The Hall–Kier alpha value is -1.41. The van der Waals surface area contributed by atoms with Crippen molar-refractivity contribution in [2.45, 2.75) is 57.9 Å². The largest absolute Gasteiger partial charge is 0.360 e. The van der Waals surface area contributed by atoms with Crippen molar-refractivity contribution < 1.29 is 17.7 Å². The quantitative estimate of drug-likeness (QED) is 0.877. The first-order chi connectivity index (χ1) is 10.8. The van der Waals surface area contributed by atoms with Gasteiger partial charge in [-0.25, -0.2) is 8.42 Å². The highest BCUT2D eigenvalue weighted by Crippen LogP contribution is 2.27. The summed E-state index contributed by atoms with van der Waals surface area (Å²) in [4.78, 5) is 12.4. The average Bonchev–Trinajstić information content (AvgIpc) is 2.86. The van der Waals surface area contributed by atoms with Crippen LogP contribution >= 0.6 is 0 Å². The van der Waals surface area contributed by atoms with E-state index in [-0.39, 0.29) is 35.1 Å². The number of hydrogen-bond donors (Lipinski definition) is 1. The summed E-state index contributed by atoms with van der Waals surface area (Å²) in [7, 11) is -3.68. The Morgan fingerprint density at radius 3 is 2.74 bits per heavy atom. The second kappa shape index (κ2) is 7.00. The molecule has 1 aliphatic heterocycles. The molecule has 0 radical (unpaired) electrons. The van der Waals surface area contributed by atoms with Gasteiger partial charge in [0.25, 0.3) is 0 Å². The van der Waals surface area contributed by atoms with Crippen LogP contribution in [0.3, 0.4) is 0 Å². The minimum atomic E-state index is -3.68. The molecule has 1 N–H and O–H groups in total. The molecule has 0 aliphatic carbocycles. The van der Waals surface area contributed by atoms with Crippen molar-refractivity contribution in [1.29, 1.82) is 0 Å². The van der Waals surface area contributed by atoms with E-state index >= 15 is 0 Å². The zero-order valence-corrected chi connectivity index (χ0v) is 14.9. The Balaban J connectivity index is 2.16. The van der Waals surface area contributed by atoms with Crippen LogP contribution in [0.5, 0.6) is 0 Å². The van der Waals surface area contributed by atoms with Gasteiger partial charge in [-0.05, 0) is 40.0 Å². The van der Waals surface area contributed by atoms with Gasteiger partial charge in [-0.3, -0.25) is 4.79 Å². The third-order valence-corrected chi connectivity index (χ3v) is 6.43. The number of carbonyl (C=O) groups excluding carboxylic acids is 1. The summed E-state index contributed by atoms with van der Waals surface area (Å²) in [5.41, 5.74) is 0.355. The summed E-state index contributed by atoms with van der Waals surface area (Å²) in [5, 5.41) is 6.66. The monoisotopic (exact) mass is 343 g/mol. The molecule has 0 aromatic carbocycles. The summed E-state index contributed by atoms with van der Waals surface area (Å²) in [6, 6.07) is 0.0945. The number of hydrogen-bond acceptors (Lipinski definition) is 5. The molecule has 0 saturated carbocycles. The second-order valence-electron chi connectivity index (χ2n) is 6.17. The summed E-state index contributed by atoms with van der Waals surface area (Å²) < 4.78 is 32.0. The molecule has 2 unspecified atom stereocenters. The number of nitrogens with one attached hydrogen (secondary N) is 1. The molecule has 1 aromatic rings. The SMILES string of the molecule is CCC(C)NC(=O)C1CCCN(S(=O)(=O)c2c(C)noc2C)C1. The fourth-order valence-corrected chi connectivity index (χ4v) is 4.62. The number of aromatic nitrogens is 1. The maximum absolute atomic E-state index is 12.8. The molecule has 130 valence electrons. The van der Waals surface area contributed by atoms with E-state index in [1.54, 1.807) is 13.8 Å². The molecule has 2 rings (SSSR count). The van der Waals surface area contributed by atoms with Crippen molar-refractivity contribution >= 4 is 15.9 Å². The minimum absolute atomic E-state index is 0.0713. The van der Waals surface area contributed by atoms with Crippen molar-refractivity contribution in [3.05, 3.63) is 11.5 Å². The number of nitrogens with zero attached hydrogens (tertiary/aromatic N) is 2. The summed E-state index contributed by atoms with van der Waals surface area (Å²) >= 11 is 0. The summed E-state index contributed by atoms with van der Waals surface area (Å²) in [5.74, 6) is -0.0975. The van der Waals surface area contributed by atoms with Crippen molar-refractivity contribution in [2.75, 3.05) is 13.1 Å². The van der Waals surface area contributed by atoms with E-state index in [0.717, 1.165) is 6.42 Å². The maximum Gasteiger partial charge on any atom is 0.248 e. The van der Waals surface area contributed by atoms with Crippen molar-refractivity contribution in [1.82, 2.24) is 14.8 Å². The zero-order valence-electron chi connectivity index (χ0n) is 14.1. The first kappa shape index (κ1) is 17.9. The highest BCUT2D eigenvalue weighted by atomic mass is 32.2. The Morgan fingerprint density at radius 2 is 2.17 bits per heavy atom. The lowest BCUT2D eigenvalue weighted by Crippen LogP contribution is -2.47. The van der Waals surface area contributed by atoms with Gasteiger partial charge in [0, 0.05) is 19.1 Å². The number of carbonyl (C=O) groups is 1. The van der Waals surface area contributed by atoms with Crippen LogP contribution in [0.25, 0.3) is 0 Å². The lowest BCUT2D eigenvalue weighted by molar-refractivity contribution is -0.126. The first-order valence-corrected chi connectivity index (χ1v) is 9.44. The fraction of sp³-hybridized carbons (Fsp3) is 0.733. The van der Waals surface area contributed by atoms with Crippen LogP contribution in [0, 0.1) is 19.8 Å². The molecule has 7 nitrogen and oxygen atoms in total. The van der Waals surface area contributed by atoms with E-state index in [9.17, 15) is 13.2 Å². The molecule has 1 fully saturated rings. The van der Waals surface area contributed by atoms with Crippen LogP contribution in [0.15, 0.2) is 9.42 Å². The van der Waals surface area contributed by atoms with Gasteiger partial charge in [-0.15, -0.1) is 0 Å². The van der Waals surface area contributed by atoms with Gasteiger partial charge < -0.3 is 9.84 Å². The molecule has 2 heterocycles. The topological polar surface area (TPSA) is 92.5 Å². The minimum Gasteiger partial charge on any atom is -0.360 e. The standard InChI is InChI=1S/C15H25N3O4S/c1-5-10(2)16-15(19)13-7-6-8-18(9-13)23(20,21)14-11(3)17-22-12(14)4/h10,13H,5-9H2,1-4H3,(H,16,19). The van der Waals surface area contributed by atoms with Gasteiger partial charge in [-0.2, -0.15) is 4.31 Å². The summed E-state index contributed by atoms with van der Waals surface area (Å²) in [6.07, 6.45) is 2.22. The number of aryl methyl sites for hydroxylation is 2. The number of sulfonamides is 1. The Morgan fingerprint density at radius 1 is 1.48 bits per heavy atom. The molecule has 1 amide bonds. The van der Waals surface area contributed by atoms with Gasteiger partial charge in [-0.1, -0.05) is 12.1 Å². The van der Waals surface area contributed by atoms with Crippen LogP contribution in [-0.2, 0) is 14.8 Å². The van der Waals surface area contributed by atoms with E-state index < -0.39 is 10.0 Å². The molecule has 1 saturated heterocycles. The molecule has 8 heteroatoms. The van der Waals surface area contributed by atoms with E-state index in [1.165, 1.54) is 4.31 Å².